The van der Waals surface area contributed by atoms with Crippen LogP contribution in [-0.2, 0) is 0 Å². The first-order valence-corrected chi connectivity index (χ1v) is 5.77. The number of hydrogen-bond acceptors (Lipinski definition) is 3. The summed E-state index contributed by atoms with van der Waals surface area (Å²) in [6.07, 6.45) is 0. The summed E-state index contributed by atoms with van der Waals surface area (Å²) in [7, 11) is -0.464. The second-order valence-electron chi connectivity index (χ2n) is 2.33. The molecule has 0 bridgehead atoms. The molecule has 0 aliphatic heterocycles. The molecule has 0 aliphatic rings. The molecule has 0 atom stereocenters. The van der Waals surface area contributed by atoms with Crippen molar-refractivity contribution in [3.05, 3.63) is 23.4 Å². The Bertz CT molecular complexity index is 319. The maximum Gasteiger partial charge on any atom is 0.218 e. The molecule has 0 aliphatic carbocycles. The molecule has 1 heterocycles. The van der Waals surface area contributed by atoms with Crippen LogP contribution in [0.2, 0.25) is 6.55 Å². The van der Waals surface area contributed by atoms with E-state index < -0.39 is 9.76 Å². The van der Waals surface area contributed by atoms with Gasteiger partial charge in [-0.05, 0) is 19.5 Å². The number of nitriles is 1. The van der Waals surface area contributed by atoms with Gasteiger partial charge in [0.15, 0.2) is 5.88 Å². The van der Waals surface area contributed by atoms with Crippen LogP contribution in [0.4, 0.5) is 0 Å². The summed E-state index contributed by atoms with van der Waals surface area (Å²) >= 11 is 0. The van der Waals surface area contributed by atoms with Gasteiger partial charge in [-0.2, -0.15) is 5.26 Å². The highest BCUT2D eigenvalue weighted by molar-refractivity contribution is 6.25. The Hall–Kier alpha value is -1.34. The van der Waals surface area contributed by atoms with Crippen LogP contribution in [0, 0.1) is 18.3 Å². The fourth-order valence-electron chi connectivity index (χ4n) is 0.884. The Labute approximate surface area is 73.9 Å². The number of aryl methyl sites for hydroxylation is 1. The molecule has 0 radical (unpaired) electrons. The van der Waals surface area contributed by atoms with Crippen LogP contribution in [0.1, 0.15) is 11.3 Å². The standard InChI is InChI=1S/C8H10N2OSi/c1-6-7(5-9)3-4-8(10-6)11-12-2/h3-4H,12H2,1-2H3. The van der Waals surface area contributed by atoms with Crippen molar-refractivity contribution in [1.29, 1.82) is 5.26 Å². The summed E-state index contributed by atoms with van der Waals surface area (Å²) in [6.45, 7) is 3.85. The molecule has 0 fully saturated rings. The average molecular weight is 178 g/mol. The van der Waals surface area contributed by atoms with Gasteiger partial charge in [-0.25, -0.2) is 4.98 Å². The monoisotopic (exact) mass is 178 g/mol. The van der Waals surface area contributed by atoms with Gasteiger partial charge in [0.1, 0.15) is 6.07 Å². The maximum absolute atomic E-state index is 8.62. The minimum absolute atomic E-state index is 0.464. The first-order chi connectivity index (χ1) is 5.77. The van der Waals surface area contributed by atoms with Gasteiger partial charge in [0.05, 0.1) is 11.3 Å². The lowest BCUT2D eigenvalue weighted by Gasteiger charge is -2.03. The quantitative estimate of drug-likeness (QED) is 0.628. The lowest BCUT2D eigenvalue weighted by molar-refractivity contribution is 0.571. The minimum Gasteiger partial charge on any atom is -0.537 e. The second kappa shape index (κ2) is 3.88. The second-order valence-corrected chi connectivity index (χ2v) is 3.19. The smallest absolute Gasteiger partial charge is 0.218 e. The first kappa shape index (κ1) is 8.75. The van der Waals surface area contributed by atoms with Crippen LogP contribution in [0.5, 0.6) is 5.88 Å². The third-order valence-electron chi connectivity index (χ3n) is 1.47. The Kier molecular flexibility index (Phi) is 2.83. The number of hydrogen-bond donors (Lipinski definition) is 0. The summed E-state index contributed by atoms with van der Waals surface area (Å²) in [6, 6.07) is 5.53. The van der Waals surface area contributed by atoms with Crippen molar-refractivity contribution in [1.82, 2.24) is 4.98 Å². The van der Waals surface area contributed by atoms with Gasteiger partial charge in [-0.1, -0.05) is 0 Å². The topological polar surface area (TPSA) is 45.9 Å². The summed E-state index contributed by atoms with van der Waals surface area (Å²) in [5.74, 6) is 0.640. The van der Waals surface area contributed by atoms with E-state index in [1.807, 2.05) is 13.5 Å². The van der Waals surface area contributed by atoms with Crippen molar-refractivity contribution in [2.75, 3.05) is 0 Å². The molecule has 62 valence electrons. The van der Waals surface area contributed by atoms with Gasteiger partial charge >= 0.3 is 0 Å². The third-order valence-corrected chi connectivity index (χ3v) is 2.06. The summed E-state index contributed by atoms with van der Waals surface area (Å²) in [4.78, 5) is 4.12. The maximum atomic E-state index is 8.62. The third kappa shape index (κ3) is 1.83. The lowest BCUT2D eigenvalue weighted by Crippen LogP contribution is -1.99. The summed E-state index contributed by atoms with van der Waals surface area (Å²) in [5.41, 5.74) is 1.34. The molecule has 4 heteroatoms. The fraction of sp³-hybridized carbons (Fsp3) is 0.250. The predicted molar refractivity (Wildman–Crippen MR) is 48.7 cm³/mol. The van der Waals surface area contributed by atoms with Crippen LogP contribution in [0.15, 0.2) is 12.1 Å². The van der Waals surface area contributed by atoms with E-state index in [9.17, 15) is 0 Å². The van der Waals surface area contributed by atoms with Gasteiger partial charge in [-0.15, -0.1) is 0 Å². The van der Waals surface area contributed by atoms with Crippen molar-refractivity contribution in [3.8, 4) is 11.9 Å². The zero-order chi connectivity index (χ0) is 8.97. The van der Waals surface area contributed by atoms with Crippen LogP contribution < -0.4 is 4.43 Å². The highest BCUT2D eigenvalue weighted by atomic mass is 28.2. The molecule has 12 heavy (non-hydrogen) atoms. The molecule has 1 rings (SSSR count). The number of rotatable bonds is 2. The SMILES string of the molecule is C[SiH2]Oc1ccc(C#N)c(C)n1. The van der Waals surface area contributed by atoms with Crippen LogP contribution in [0.25, 0.3) is 0 Å². The number of aromatic nitrogens is 1. The van der Waals surface area contributed by atoms with E-state index in [0.717, 1.165) is 5.69 Å². The van der Waals surface area contributed by atoms with E-state index in [2.05, 4.69) is 11.1 Å². The molecule has 1 aromatic rings. The van der Waals surface area contributed by atoms with Crippen molar-refractivity contribution in [2.45, 2.75) is 13.5 Å². The molecule has 0 unspecified atom stereocenters. The van der Waals surface area contributed by atoms with Crippen molar-refractivity contribution < 1.29 is 4.43 Å². The zero-order valence-corrected chi connectivity index (χ0v) is 8.58. The van der Waals surface area contributed by atoms with Crippen LogP contribution in [0.3, 0.4) is 0 Å². The molecule has 0 saturated heterocycles. The largest absolute Gasteiger partial charge is 0.537 e. The molecular weight excluding hydrogens is 168 g/mol. The fourth-order valence-corrected chi connectivity index (χ4v) is 1.34. The molecule has 0 spiro atoms. The molecule has 0 N–H and O–H groups in total. The Morgan fingerprint density at radius 1 is 1.58 bits per heavy atom. The number of pyridine rings is 1. The van der Waals surface area contributed by atoms with Crippen LogP contribution >= 0.6 is 0 Å². The summed E-state index contributed by atoms with van der Waals surface area (Å²) < 4.78 is 5.30. The average Bonchev–Trinajstić information content (AvgIpc) is 2.05. The van der Waals surface area contributed by atoms with E-state index in [1.165, 1.54) is 0 Å². The van der Waals surface area contributed by atoms with Crippen LogP contribution in [-0.4, -0.2) is 14.7 Å². The van der Waals surface area contributed by atoms with E-state index in [4.69, 9.17) is 9.69 Å². The minimum atomic E-state index is -0.464. The van der Waals surface area contributed by atoms with E-state index >= 15 is 0 Å². The predicted octanol–water partition coefficient (Wildman–Crippen LogP) is 0.772. The molecule has 0 saturated carbocycles. The number of nitrogens with zero attached hydrogens (tertiary/aromatic N) is 2. The van der Waals surface area contributed by atoms with Gasteiger partial charge in [-0.3, -0.25) is 0 Å². The molecular formula is C8H10N2OSi. The normalized spacial score (nSPS) is 10.1. The molecule has 0 amide bonds. The Morgan fingerprint density at radius 3 is 2.83 bits per heavy atom. The van der Waals surface area contributed by atoms with E-state index in [-0.39, 0.29) is 0 Å². The van der Waals surface area contributed by atoms with Gasteiger partial charge < -0.3 is 4.43 Å². The Morgan fingerprint density at radius 2 is 2.33 bits per heavy atom. The molecule has 1 aromatic heterocycles. The first-order valence-electron chi connectivity index (χ1n) is 3.78. The Balaban J connectivity index is 2.96. The van der Waals surface area contributed by atoms with Gasteiger partial charge in [0.2, 0.25) is 9.76 Å². The van der Waals surface area contributed by atoms with Gasteiger partial charge in [0, 0.05) is 6.07 Å². The van der Waals surface area contributed by atoms with E-state index in [1.54, 1.807) is 12.1 Å². The molecule has 0 aromatic carbocycles. The lowest BCUT2D eigenvalue weighted by atomic mass is 10.2. The van der Waals surface area contributed by atoms with Gasteiger partial charge in [0.25, 0.3) is 0 Å². The van der Waals surface area contributed by atoms with Crippen molar-refractivity contribution >= 4 is 9.76 Å². The molecule has 3 nitrogen and oxygen atoms in total. The van der Waals surface area contributed by atoms with E-state index in [0.29, 0.717) is 11.4 Å². The highest BCUT2D eigenvalue weighted by Crippen LogP contribution is 2.10. The van der Waals surface area contributed by atoms with Crippen molar-refractivity contribution in [2.24, 2.45) is 0 Å². The van der Waals surface area contributed by atoms with Crippen molar-refractivity contribution in [3.63, 3.8) is 0 Å². The highest BCUT2D eigenvalue weighted by Gasteiger charge is 1.99. The zero-order valence-electron chi connectivity index (χ0n) is 7.16. The summed E-state index contributed by atoms with van der Waals surface area (Å²) in [5, 5.41) is 8.62.